The molecular formula is C14H15BrN4. The van der Waals surface area contributed by atoms with E-state index in [2.05, 4.69) is 52.2 Å². The van der Waals surface area contributed by atoms with E-state index in [1.807, 2.05) is 16.7 Å². The van der Waals surface area contributed by atoms with Crippen LogP contribution in [0.25, 0.3) is 5.69 Å². The summed E-state index contributed by atoms with van der Waals surface area (Å²) in [5, 5.41) is 12.5. The molecule has 0 unspecified atom stereocenters. The Morgan fingerprint density at radius 3 is 2.95 bits per heavy atom. The summed E-state index contributed by atoms with van der Waals surface area (Å²) >= 11 is 3.48. The third-order valence-electron chi connectivity index (χ3n) is 2.74. The Hall–Kier alpha value is -1.64. The summed E-state index contributed by atoms with van der Waals surface area (Å²) in [4.78, 5) is 4.04. The van der Waals surface area contributed by atoms with Crippen molar-refractivity contribution in [3.05, 3.63) is 46.5 Å². The van der Waals surface area contributed by atoms with Gasteiger partial charge in [-0.25, -0.2) is 4.98 Å². The van der Waals surface area contributed by atoms with Crippen LogP contribution in [-0.2, 0) is 6.54 Å². The lowest BCUT2D eigenvalue weighted by atomic mass is 10.1. The Balaban J connectivity index is 2.42. The Kier molecular flexibility index (Phi) is 4.35. The third-order valence-corrected chi connectivity index (χ3v) is 3.24. The summed E-state index contributed by atoms with van der Waals surface area (Å²) in [5.41, 5.74) is 2.10. The number of nitrogens with zero attached hydrogens (tertiary/aromatic N) is 3. The molecule has 0 radical (unpaired) electrons. The minimum atomic E-state index is 0.396. The maximum absolute atomic E-state index is 9.07. The second kappa shape index (κ2) is 6.00. The molecule has 1 heterocycles. The van der Waals surface area contributed by atoms with Crippen molar-refractivity contribution in [1.82, 2.24) is 14.9 Å². The Labute approximate surface area is 121 Å². The number of hydrogen-bond acceptors (Lipinski definition) is 3. The first-order valence-corrected chi connectivity index (χ1v) is 6.86. The van der Waals surface area contributed by atoms with Crippen molar-refractivity contribution in [2.75, 3.05) is 0 Å². The Bertz CT molecular complexity index is 610. The number of nitriles is 1. The number of aromatic nitrogens is 2. The maximum Gasteiger partial charge on any atom is 0.217 e. The van der Waals surface area contributed by atoms with E-state index in [-0.39, 0.29) is 0 Å². The molecule has 0 spiro atoms. The van der Waals surface area contributed by atoms with E-state index in [1.54, 1.807) is 12.4 Å². The normalized spacial score (nSPS) is 10.7. The predicted octanol–water partition coefficient (Wildman–Crippen LogP) is 3.00. The summed E-state index contributed by atoms with van der Waals surface area (Å²) in [6, 6.07) is 8.53. The van der Waals surface area contributed by atoms with Crippen LogP contribution in [-0.4, -0.2) is 15.6 Å². The van der Waals surface area contributed by atoms with E-state index in [1.165, 1.54) is 0 Å². The van der Waals surface area contributed by atoms with Crippen molar-refractivity contribution in [3.8, 4) is 11.8 Å². The van der Waals surface area contributed by atoms with Crippen LogP contribution in [0.2, 0.25) is 0 Å². The van der Waals surface area contributed by atoms with Crippen LogP contribution in [0.15, 0.2) is 35.1 Å². The van der Waals surface area contributed by atoms with Crippen molar-refractivity contribution in [2.24, 2.45) is 0 Å². The van der Waals surface area contributed by atoms with E-state index < -0.39 is 0 Å². The number of rotatable bonds is 4. The fourth-order valence-corrected chi connectivity index (χ4v) is 2.23. The smallest absolute Gasteiger partial charge is 0.217 e. The molecule has 5 heteroatoms. The monoisotopic (exact) mass is 318 g/mol. The van der Waals surface area contributed by atoms with Gasteiger partial charge in [0.25, 0.3) is 0 Å². The predicted molar refractivity (Wildman–Crippen MR) is 78.0 cm³/mol. The van der Waals surface area contributed by atoms with Crippen LogP contribution in [0.3, 0.4) is 0 Å². The van der Waals surface area contributed by atoms with Gasteiger partial charge in [-0.2, -0.15) is 5.26 Å². The lowest BCUT2D eigenvalue weighted by Crippen LogP contribution is -2.22. The molecule has 0 saturated carbocycles. The van der Waals surface area contributed by atoms with Gasteiger partial charge in [0.2, 0.25) is 5.82 Å². The minimum Gasteiger partial charge on any atom is -0.310 e. The molecule has 0 saturated heterocycles. The quantitative estimate of drug-likeness (QED) is 0.942. The van der Waals surface area contributed by atoms with Crippen molar-refractivity contribution < 1.29 is 0 Å². The topological polar surface area (TPSA) is 53.6 Å². The molecule has 0 aliphatic carbocycles. The summed E-state index contributed by atoms with van der Waals surface area (Å²) in [6.45, 7) is 4.96. The van der Waals surface area contributed by atoms with Gasteiger partial charge in [-0.3, -0.25) is 4.57 Å². The van der Waals surface area contributed by atoms with Crippen LogP contribution in [0.1, 0.15) is 25.2 Å². The molecule has 4 nitrogen and oxygen atoms in total. The Morgan fingerprint density at radius 2 is 2.26 bits per heavy atom. The highest BCUT2D eigenvalue weighted by Crippen LogP contribution is 2.21. The van der Waals surface area contributed by atoms with Gasteiger partial charge >= 0.3 is 0 Å². The van der Waals surface area contributed by atoms with E-state index in [9.17, 15) is 0 Å². The zero-order valence-corrected chi connectivity index (χ0v) is 12.5. The van der Waals surface area contributed by atoms with Gasteiger partial charge in [0, 0.05) is 29.5 Å². The standard InChI is InChI=1S/C14H15BrN4/c1-10(2)18-9-11-7-12(15)3-4-13(11)19-6-5-17-14(19)8-16/h3-7,10,18H,9H2,1-2H3. The highest BCUT2D eigenvalue weighted by molar-refractivity contribution is 9.10. The fraction of sp³-hybridized carbons (Fsp3) is 0.286. The number of benzene rings is 1. The number of hydrogen-bond donors (Lipinski definition) is 1. The van der Waals surface area contributed by atoms with Gasteiger partial charge in [0.05, 0.1) is 5.69 Å². The maximum atomic E-state index is 9.07. The number of nitrogens with one attached hydrogen (secondary N) is 1. The van der Waals surface area contributed by atoms with Gasteiger partial charge < -0.3 is 5.32 Å². The summed E-state index contributed by atoms with van der Waals surface area (Å²) in [7, 11) is 0. The molecule has 1 aromatic heterocycles. The summed E-state index contributed by atoms with van der Waals surface area (Å²) in [6.07, 6.45) is 3.45. The molecular weight excluding hydrogens is 304 g/mol. The molecule has 1 aromatic carbocycles. The average Bonchev–Trinajstić information content (AvgIpc) is 2.84. The first-order chi connectivity index (χ1) is 9.11. The molecule has 2 rings (SSSR count). The van der Waals surface area contributed by atoms with Gasteiger partial charge in [0.1, 0.15) is 6.07 Å². The first kappa shape index (κ1) is 13.8. The molecule has 1 N–H and O–H groups in total. The SMILES string of the molecule is CC(C)NCc1cc(Br)ccc1-n1ccnc1C#N. The minimum absolute atomic E-state index is 0.396. The third kappa shape index (κ3) is 3.22. The molecule has 0 amide bonds. The highest BCUT2D eigenvalue weighted by Gasteiger charge is 2.09. The molecule has 98 valence electrons. The van der Waals surface area contributed by atoms with Crippen LogP contribution in [0, 0.1) is 11.3 Å². The average molecular weight is 319 g/mol. The lowest BCUT2D eigenvalue weighted by molar-refractivity contribution is 0.587. The van der Waals surface area contributed by atoms with Gasteiger partial charge in [-0.1, -0.05) is 29.8 Å². The highest BCUT2D eigenvalue weighted by atomic mass is 79.9. The van der Waals surface area contributed by atoms with Crippen LogP contribution < -0.4 is 5.32 Å². The van der Waals surface area contributed by atoms with E-state index in [0.717, 1.165) is 22.3 Å². The second-order valence-electron chi connectivity index (χ2n) is 4.54. The fourth-order valence-electron chi connectivity index (χ4n) is 1.83. The first-order valence-electron chi connectivity index (χ1n) is 6.07. The summed E-state index contributed by atoms with van der Waals surface area (Å²) < 4.78 is 2.83. The molecule has 0 bridgehead atoms. The molecule has 19 heavy (non-hydrogen) atoms. The zero-order valence-electron chi connectivity index (χ0n) is 10.9. The van der Waals surface area contributed by atoms with Crippen LogP contribution in [0.5, 0.6) is 0 Å². The Morgan fingerprint density at radius 1 is 1.47 bits per heavy atom. The van der Waals surface area contributed by atoms with Crippen LogP contribution >= 0.6 is 15.9 Å². The molecule has 0 aliphatic heterocycles. The van der Waals surface area contributed by atoms with E-state index in [4.69, 9.17) is 5.26 Å². The van der Waals surface area contributed by atoms with E-state index >= 15 is 0 Å². The van der Waals surface area contributed by atoms with Crippen molar-refractivity contribution in [3.63, 3.8) is 0 Å². The van der Waals surface area contributed by atoms with Crippen molar-refractivity contribution in [1.29, 1.82) is 5.26 Å². The van der Waals surface area contributed by atoms with Crippen LogP contribution in [0.4, 0.5) is 0 Å². The van der Waals surface area contributed by atoms with Crippen molar-refractivity contribution >= 4 is 15.9 Å². The number of imidazole rings is 1. The number of halogens is 1. The van der Waals surface area contributed by atoms with Gasteiger partial charge in [-0.05, 0) is 23.8 Å². The summed E-state index contributed by atoms with van der Waals surface area (Å²) in [5.74, 6) is 0.396. The van der Waals surface area contributed by atoms with E-state index in [0.29, 0.717) is 11.9 Å². The zero-order chi connectivity index (χ0) is 13.8. The van der Waals surface area contributed by atoms with Gasteiger partial charge in [-0.15, -0.1) is 0 Å². The van der Waals surface area contributed by atoms with Gasteiger partial charge in [0.15, 0.2) is 0 Å². The molecule has 2 aromatic rings. The lowest BCUT2D eigenvalue weighted by Gasteiger charge is -2.14. The largest absolute Gasteiger partial charge is 0.310 e. The molecule has 0 fully saturated rings. The molecule has 0 atom stereocenters. The molecule has 0 aliphatic rings. The second-order valence-corrected chi connectivity index (χ2v) is 5.46. The van der Waals surface area contributed by atoms with Crippen molar-refractivity contribution in [2.45, 2.75) is 26.4 Å².